The Hall–Kier alpha value is -0.0100. The zero-order valence-corrected chi connectivity index (χ0v) is 7.29. The molecule has 0 amide bonds. The van der Waals surface area contributed by atoms with Crippen molar-refractivity contribution in [3.63, 3.8) is 0 Å². The first-order chi connectivity index (χ1) is 4.43. The van der Waals surface area contributed by atoms with Crippen molar-refractivity contribution in [3.8, 4) is 0 Å². The topological polar surface area (TPSA) is 12.0 Å². The van der Waals surface area contributed by atoms with Gasteiger partial charge in [0.25, 0.3) is 0 Å². The third-order valence-electron chi connectivity index (χ3n) is 1.74. The second-order valence-corrected chi connectivity index (χ2v) is 2.59. The monoisotopic (exact) mass is 161 g/mol. The lowest BCUT2D eigenvalue weighted by Crippen LogP contribution is -2.07. The molecule has 0 aromatic heterocycles. The lowest BCUT2D eigenvalue weighted by atomic mass is 10.1. The average Bonchev–Trinajstić information content (AvgIpc) is 2.34. The van der Waals surface area contributed by atoms with Gasteiger partial charge in [-0.3, -0.25) is 0 Å². The molecule has 1 saturated heterocycles. The van der Waals surface area contributed by atoms with Crippen molar-refractivity contribution >= 4 is 12.4 Å². The number of hydrogen-bond acceptors (Lipinski definition) is 1. The molecule has 0 aliphatic carbocycles. The van der Waals surface area contributed by atoms with Crippen molar-refractivity contribution in [2.24, 2.45) is 5.92 Å². The summed E-state index contributed by atoms with van der Waals surface area (Å²) in [5, 5.41) is 3.33. The van der Waals surface area contributed by atoms with E-state index in [4.69, 9.17) is 0 Å². The molecule has 1 aliphatic heterocycles. The van der Waals surface area contributed by atoms with Crippen molar-refractivity contribution in [1.82, 2.24) is 5.32 Å². The molecule has 2 heteroatoms. The number of allylic oxidation sites excluding steroid dienone is 1. The van der Waals surface area contributed by atoms with Crippen LogP contribution in [0.3, 0.4) is 0 Å². The SMILES string of the molecule is CC/C=C\C1CCNC1.Cl. The summed E-state index contributed by atoms with van der Waals surface area (Å²) in [6.45, 7) is 4.58. The van der Waals surface area contributed by atoms with E-state index in [1.165, 1.54) is 25.9 Å². The first-order valence-corrected chi connectivity index (χ1v) is 3.81. The Balaban J connectivity index is 0.000000810. The normalized spacial score (nSPS) is 25.1. The van der Waals surface area contributed by atoms with Crippen LogP contribution in [0.5, 0.6) is 0 Å². The highest BCUT2D eigenvalue weighted by Gasteiger charge is 2.09. The molecule has 1 nitrogen and oxygen atoms in total. The first-order valence-electron chi connectivity index (χ1n) is 3.81. The van der Waals surface area contributed by atoms with Gasteiger partial charge in [-0.1, -0.05) is 19.1 Å². The van der Waals surface area contributed by atoms with Crippen molar-refractivity contribution in [2.45, 2.75) is 19.8 Å². The van der Waals surface area contributed by atoms with E-state index in [1.807, 2.05) is 0 Å². The number of rotatable bonds is 2. The number of nitrogens with one attached hydrogen (secondary N) is 1. The van der Waals surface area contributed by atoms with E-state index in [0.717, 1.165) is 5.92 Å². The van der Waals surface area contributed by atoms with Gasteiger partial charge in [0.05, 0.1) is 0 Å². The second kappa shape index (κ2) is 5.75. The standard InChI is InChI=1S/C8H15N.ClH/c1-2-3-4-8-5-6-9-7-8;/h3-4,8-9H,2,5-7H2,1H3;1H/b4-3-;. The maximum atomic E-state index is 3.33. The molecule has 0 bridgehead atoms. The van der Waals surface area contributed by atoms with Gasteiger partial charge in [0.2, 0.25) is 0 Å². The lowest BCUT2D eigenvalue weighted by Gasteiger charge is -1.96. The van der Waals surface area contributed by atoms with Gasteiger partial charge >= 0.3 is 0 Å². The highest BCUT2D eigenvalue weighted by molar-refractivity contribution is 5.85. The van der Waals surface area contributed by atoms with Crippen LogP contribution in [0.2, 0.25) is 0 Å². The van der Waals surface area contributed by atoms with Gasteiger partial charge in [-0.05, 0) is 25.3 Å². The average molecular weight is 162 g/mol. The van der Waals surface area contributed by atoms with Gasteiger partial charge < -0.3 is 5.32 Å². The van der Waals surface area contributed by atoms with Crippen LogP contribution in [0.15, 0.2) is 12.2 Å². The van der Waals surface area contributed by atoms with Gasteiger partial charge in [-0.25, -0.2) is 0 Å². The van der Waals surface area contributed by atoms with E-state index >= 15 is 0 Å². The predicted octanol–water partition coefficient (Wildman–Crippen LogP) is 1.98. The van der Waals surface area contributed by atoms with Crippen LogP contribution in [-0.2, 0) is 0 Å². The number of hydrogen-bond donors (Lipinski definition) is 1. The van der Waals surface area contributed by atoms with Gasteiger partial charge in [0.1, 0.15) is 0 Å². The Kier molecular flexibility index (Phi) is 5.74. The molecular formula is C8H16ClN. The highest BCUT2D eigenvalue weighted by Crippen LogP contribution is 2.08. The lowest BCUT2D eigenvalue weighted by molar-refractivity contribution is 0.725. The van der Waals surface area contributed by atoms with Crippen LogP contribution < -0.4 is 5.32 Å². The summed E-state index contributed by atoms with van der Waals surface area (Å²) in [7, 11) is 0. The Morgan fingerprint density at radius 1 is 1.60 bits per heavy atom. The van der Waals surface area contributed by atoms with Gasteiger partial charge in [-0.2, -0.15) is 0 Å². The van der Waals surface area contributed by atoms with E-state index < -0.39 is 0 Å². The van der Waals surface area contributed by atoms with Crippen molar-refractivity contribution in [3.05, 3.63) is 12.2 Å². The quantitative estimate of drug-likeness (QED) is 0.611. The molecule has 1 aliphatic rings. The van der Waals surface area contributed by atoms with Gasteiger partial charge in [0, 0.05) is 6.54 Å². The minimum absolute atomic E-state index is 0. The third-order valence-corrected chi connectivity index (χ3v) is 1.74. The molecule has 1 unspecified atom stereocenters. The molecular weight excluding hydrogens is 146 g/mol. The van der Waals surface area contributed by atoms with Crippen LogP contribution in [-0.4, -0.2) is 13.1 Å². The summed E-state index contributed by atoms with van der Waals surface area (Å²) >= 11 is 0. The summed E-state index contributed by atoms with van der Waals surface area (Å²) in [5.41, 5.74) is 0. The minimum atomic E-state index is 0. The van der Waals surface area contributed by atoms with E-state index in [1.54, 1.807) is 0 Å². The fourth-order valence-electron chi connectivity index (χ4n) is 1.17. The predicted molar refractivity (Wildman–Crippen MR) is 47.7 cm³/mol. The van der Waals surface area contributed by atoms with E-state index in [9.17, 15) is 0 Å². The Morgan fingerprint density at radius 3 is 2.90 bits per heavy atom. The summed E-state index contributed by atoms with van der Waals surface area (Å²) in [6.07, 6.45) is 7.10. The molecule has 1 heterocycles. The van der Waals surface area contributed by atoms with Crippen molar-refractivity contribution in [2.75, 3.05) is 13.1 Å². The fraction of sp³-hybridized carbons (Fsp3) is 0.750. The van der Waals surface area contributed by atoms with Crippen LogP contribution >= 0.6 is 12.4 Å². The van der Waals surface area contributed by atoms with Gasteiger partial charge in [0.15, 0.2) is 0 Å². The zero-order valence-electron chi connectivity index (χ0n) is 6.47. The van der Waals surface area contributed by atoms with E-state index in [-0.39, 0.29) is 12.4 Å². The zero-order chi connectivity index (χ0) is 6.53. The molecule has 60 valence electrons. The van der Waals surface area contributed by atoms with Crippen LogP contribution in [0, 0.1) is 5.92 Å². The summed E-state index contributed by atoms with van der Waals surface area (Å²) in [4.78, 5) is 0. The second-order valence-electron chi connectivity index (χ2n) is 2.59. The molecule has 1 fully saturated rings. The molecule has 1 atom stereocenters. The molecule has 0 aromatic carbocycles. The summed E-state index contributed by atoms with van der Waals surface area (Å²) in [5.74, 6) is 0.824. The Labute approximate surface area is 69.3 Å². The molecule has 0 aromatic rings. The van der Waals surface area contributed by atoms with E-state index in [0.29, 0.717) is 0 Å². The maximum absolute atomic E-state index is 3.33. The first kappa shape index (κ1) is 9.99. The third kappa shape index (κ3) is 3.23. The Bertz CT molecular complexity index is 95.4. The molecule has 0 spiro atoms. The number of halogens is 1. The fourth-order valence-corrected chi connectivity index (χ4v) is 1.17. The largest absolute Gasteiger partial charge is 0.316 e. The molecule has 1 N–H and O–H groups in total. The van der Waals surface area contributed by atoms with Crippen LogP contribution in [0.1, 0.15) is 19.8 Å². The maximum Gasteiger partial charge on any atom is 0.00146 e. The van der Waals surface area contributed by atoms with Crippen LogP contribution in [0.4, 0.5) is 0 Å². The molecule has 0 radical (unpaired) electrons. The van der Waals surface area contributed by atoms with Crippen molar-refractivity contribution < 1.29 is 0 Å². The highest BCUT2D eigenvalue weighted by atomic mass is 35.5. The summed E-state index contributed by atoms with van der Waals surface area (Å²) < 4.78 is 0. The van der Waals surface area contributed by atoms with Crippen molar-refractivity contribution in [1.29, 1.82) is 0 Å². The minimum Gasteiger partial charge on any atom is -0.316 e. The molecule has 1 rings (SSSR count). The smallest absolute Gasteiger partial charge is 0.00146 e. The Morgan fingerprint density at radius 2 is 2.40 bits per heavy atom. The van der Waals surface area contributed by atoms with E-state index in [2.05, 4.69) is 24.4 Å². The molecule has 0 saturated carbocycles. The molecule has 10 heavy (non-hydrogen) atoms. The summed E-state index contributed by atoms with van der Waals surface area (Å²) in [6, 6.07) is 0. The van der Waals surface area contributed by atoms with Gasteiger partial charge in [-0.15, -0.1) is 12.4 Å². The van der Waals surface area contributed by atoms with Crippen LogP contribution in [0.25, 0.3) is 0 Å².